The minimum atomic E-state index is 0.0961. The molecule has 2 aromatic carbocycles. The van der Waals surface area contributed by atoms with Crippen molar-refractivity contribution < 1.29 is 14.4 Å². The molecule has 1 heterocycles. The first-order valence-electron chi connectivity index (χ1n) is 8.43. The van der Waals surface area contributed by atoms with Crippen LogP contribution in [-0.2, 0) is 6.54 Å². The van der Waals surface area contributed by atoms with Crippen molar-refractivity contribution in [3.05, 3.63) is 71.3 Å². The largest absolute Gasteiger partial charge is 0.496 e. The highest BCUT2D eigenvalue weighted by Crippen LogP contribution is 2.21. The molecular weight excluding hydrogens is 298 g/mol. The van der Waals surface area contributed by atoms with Crippen molar-refractivity contribution >= 4 is 11.4 Å². The molecule has 0 radical (unpaired) electrons. The van der Waals surface area contributed by atoms with Gasteiger partial charge in [-0.1, -0.05) is 30.3 Å². The van der Waals surface area contributed by atoms with Crippen molar-refractivity contribution in [3.8, 4) is 5.75 Å². The number of rotatable bonds is 5. The average molecular weight is 322 g/mol. The number of hydrogen-bond donors (Lipinski definition) is 1. The highest BCUT2D eigenvalue weighted by Gasteiger charge is 2.18. The lowest BCUT2D eigenvalue weighted by Gasteiger charge is -2.24. The van der Waals surface area contributed by atoms with E-state index in [-0.39, 0.29) is 5.78 Å². The van der Waals surface area contributed by atoms with Gasteiger partial charge in [-0.25, -0.2) is 0 Å². The Labute approximate surface area is 143 Å². The van der Waals surface area contributed by atoms with Crippen LogP contribution in [0.25, 0.3) is 5.57 Å². The smallest absolute Gasteiger partial charge is 0.159 e. The molecule has 0 aromatic heterocycles. The molecular formula is C21H24NO2+. The molecule has 0 amide bonds. The van der Waals surface area contributed by atoms with Crippen molar-refractivity contribution in [2.75, 3.05) is 20.2 Å². The van der Waals surface area contributed by atoms with Crippen LogP contribution in [0, 0.1) is 0 Å². The summed E-state index contributed by atoms with van der Waals surface area (Å²) in [5, 5.41) is 0. The first-order chi connectivity index (χ1) is 11.7. The van der Waals surface area contributed by atoms with E-state index >= 15 is 0 Å². The van der Waals surface area contributed by atoms with Gasteiger partial charge in [0.1, 0.15) is 12.3 Å². The van der Waals surface area contributed by atoms with Crippen LogP contribution in [0.15, 0.2) is 54.6 Å². The summed E-state index contributed by atoms with van der Waals surface area (Å²) in [6.45, 7) is 4.57. The van der Waals surface area contributed by atoms with Gasteiger partial charge in [-0.3, -0.25) is 4.79 Å². The maximum absolute atomic E-state index is 11.6. The van der Waals surface area contributed by atoms with Gasteiger partial charge in [0.15, 0.2) is 5.78 Å². The van der Waals surface area contributed by atoms with Gasteiger partial charge in [0.25, 0.3) is 0 Å². The molecule has 2 aromatic rings. The number of methoxy groups -OCH3 is 1. The van der Waals surface area contributed by atoms with Gasteiger partial charge in [-0.2, -0.15) is 0 Å². The molecule has 1 aliphatic heterocycles. The van der Waals surface area contributed by atoms with Crippen LogP contribution < -0.4 is 9.64 Å². The summed E-state index contributed by atoms with van der Waals surface area (Å²) >= 11 is 0. The van der Waals surface area contributed by atoms with Gasteiger partial charge in [0.2, 0.25) is 0 Å². The van der Waals surface area contributed by atoms with E-state index in [4.69, 9.17) is 4.74 Å². The summed E-state index contributed by atoms with van der Waals surface area (Å²) in [6, 6.07) is 16.3. The SMILES string of the molecule is COc1ccc(C(C)=O)cc1C[NH+]1CC=C(c2ccccc2)CC1. The number of quaternary nitrogens is 1. The molecule has 24 heavy (non-hydrogen) atoms. The number of Topliss-reactive ketones (excluding diaryl/α,β-unsaturated/α-hetero) is 1. The molecule has 1 N–H and O–H groups in total. The second kappa shape index (κ2) is 7.45. The summed E-state index contributed by atoms with van der Waals surface area (Å²) in [6.07, 6.45) is 3.42. The number of ether oxygens (including phenoxy) is 1. The first-order valence-corrected chi connectivity index (χ1v) is 8.43. The molecule has 1 unspecified atom stereocenters. The number of nitrogens with one attached hydrogen (secondary N) is 1. The molecule has 3 heteroatoms. The molecule has 124 valence electrons. The van der Waals surface area contributed by atoms with Gasteiger partial charge in [-0.15, -0.1) is 0 Å². The van der Waals surface area contributed by atoms with Crippen LogP contribution >= 0.6 is 0 Å². The third-order valence-corrected chi connectivity index (χ3v) is 4.66. The lowest BCUT2D eigenvalue weighted by molar-refractivity contribution is -0.908. The topological polar surface area (TPSA) is 30.7 Å². The second-order valence-electron chi connectivity index (χ2n) is 6.31. The Kier molecular flexibility index (Phi) is 5.11. The molecule has 1 atom stereocenters. The molecule has 0 fully saturated rings. The molecule has 0 saturated carbocycles. The fourth-order valence-corrected chi connectivity index (χ4v) is 3.26. The molecule has 0 spiro atoms. The highest BCUT2D eigenvalue weighted by molar-refractivity contribution is 5.94. The summed E-state index contributed by atoms with van der Waals surface area (Å²) in [5.41, 5.74) is 4.62. The van der Waals surface area contributed by atoms with Gasteiger partial charge < -0.3 is 9.64 Å². The number of carbonyl (C=O) groups excluding carboxylic acids is 1. The summed E-state index contributed by atoms with van der Waals surface area (Å²) < 4.78 is 5.47. The van der Waals surface area contributed by atoms with E-state index in [1.807, 2.05) is 18.2 Å². The number of hydrogen-bond acceptors (Lipinski definition) is 2. The lowest BCUT2D eigenvalue weighted by Crippen LogP contribution is -3.11. The van der Waals surface area contributed by atoms with Crippen LogP contribution in [-0.4, -0.2) is 26.0 Å². The maximum Gasteiger partial charge on any atom is 0.159 e. The number of ketones is 1. The third kappa shape index (κ3) is 3.74. The van der Waals surface area contributed by atoms with Crippen molar-refractivity contribution in [2.24, 2.45) is 0 Å². The third-order valence-electron chi connectivity index (χ3n) is 4.66. The second-order valence-corrected chi connectivity index (χ2v) is 6.31. The Bertz CT molecular complexity index is 750. The zero-order chi connectivity index (χ0) is 16.9. The van der Waals surface area contributed by atoms with Gasteiger partial charge in [-0.05, 0) is 42.3 Å². The fraction of sp³-hybridized carbons (Fsp3) is 0.286. The van der Waals surface area contributed by atoms with Crippen LogP contribution in [0.3, 0.4) is 0 Å². The van der Waals surface area contributed by atoms with E-state index in [9.17, 15) is 4.79 Å². The molecule has 0 saturated heterocycles. The normalized spacial score (nSPS) is 17.2. The summed E-state index contributed by atoms with van der Waals surface area (Å²) in [4.78, 5) is 13.1. The quantitative estimate of drug-likeness (QED) is 0.858. The zero-order valence-corrected chi connectivity index (χ0v) is 14.3. The molecule has 3 rings (SSSR count). The average Bonchev–Trinajstić information content (AvgIpc) is 2.63. The number of benzene rings is 2. The molecule has 0 aliphatic carbocycles. The standard InChI is InChI=1S/C21H23NO2/c1-16(23)19-8-9-21(24-2)20(14-19)15-22-12-10-18(11-13-22)17-6-4-3-5-7-17/h3-10,14H,11-13,15H2,1-2H3/p+1. The monoisotopic (exact) mass is 322 g/mol. The Morgan fingerprint density at radius 3 is 2.58 bits per heavy atom. The van der Waals surface area contributed by atoms with E-state index in [1.54, 1.807) is 14.0 Å². The predicted octanol–water partition coefficient (Wildman–Crippen LogP) is 2.77. The van der Waals surface area contributed by atoms with E-state index in [0.717, 1.165) is 42.9 Å². The van der Waals surface area contributed by atoms with Crippen molar-refractivity contribution in [3.63, 3.8) is 0 Å². The van der Waals surface area contributed by atoms with E-state index in [0.29, 0.717) is 0 Å². The molecule has 1 aliphatic rings. The maximum atomic E-state index is 11.6. The lowest BCUT2D eigenvalue weighted by atomic mass is 9.99. The first kappa shape index (κ1) is 16.5. The van der Waals surface area contributed by atoms with E-state index < -0.39 is 0 Å². The van der Waals surface area contributed by atoms with Crippen LogP contribution in [0.5, 0.6) is 5.75 Å². The van der Waals surface area contributed by atoms with Crippen LogP contribution in [0.2, 0.25) is 0 Å². The minimum absolute atomic E-state index is 0.0961. The highest BCUT2D eigenvalue weighted by atomic mass is 16.5. The number of carbonyl (C=O) groups is 1. The van der Waals surface area contributed by atoms with Crippen molar-refractivity contribution in [2.45, 2.75) is 19.9 Å². The Morgan fingerprint density at radius 2 is 1.96 bits per heavy atom. The van der Waals surface area contributed by atoms with Crippen molar-refractivity contribution in [1.82, 2.24) is 0 Å². The fourth-order valence-electron chi connectivity index (χ4n) is 3.26. The van der Waals surface area contributed by atoms with Gasteiger partial charge >= 0.3 is 0 Å². The summed E-state index contributed by atoms with van der Waals surface area (Å²) in [5.74, 6) is 0.962. The van der Waals surface area contributed by atoms with Gasteiger partial charge in [0, 0.05) is 17.5 Å². The summed E-state index contributed by atoms with van der Waals surface area (Å²) in [7, 11) is 1.69. The Morgan fingerprint density at radius 1 is 1.17 bits per heavy atom. The minimum Gasteiger partial charge on any atom is -0.496 e. The zero-order valence-electron chi connectivity index (χ0n) is 14.3. The van der Waals surface area contributed by atoms with Crippen LogP contribution in [0.1, 0.15) is 34.8 Å². The Balaban J connectivity index is 1.73. The molecule has 3 nitrogen and oxygen atoms in total. The molecule has 0 bridgehead atoms. The van der Waals surface area contributed by atoms with Crippen LogP contribution in [0.4, 0.5) is 0 Å². The Hall–Kier alpha value is -2.39. The van der Waals surface area contributed by atoms with Crippen molar-refractivity contribution in [1.29, 1.82) is 0 Å². The van der Waals surface area contributed by atoms with E-state index in [2.05, 4.69) is 36.4 Å². The van der Waals surface area contributed by atoms with E-state index in [1.165, 1.54) is 16.0 Å². The van der Waals surface area contributed by atoms with Gasteiger partial charge in [0.05, 0.1) is 20.2 Å². The predicted molar refractivity (Wildman–Crippen MR) is 96.4 cm³/mol.